The van der Waals surface area contributed by atoms with Crippen molar-refractivity contribution in [3.63, 3.8) is 0 Å². The molecule has 1 aliphatic rings. The summed E-state index contributed by atoms with van der Waals surface area (Å²) in [6.45, 7) is 0.536. The van der Waals surface area contributed by atoms with Crippen LogP contribution in [0, 0.1) is 0 Å². The van der Waals surface area contributed by atoms with E-state index in [2.05, 4.69) is 5.32 Å². The first-order valence-corrected chi connectivity index (χ1v) is 7.89. The van der Waals surface area contributed by atoms with Gasteiger partial charge in [0.05, 0.1) is 0 Å². The predicted molar refractivity (Wildman–Crippen MR) is 86.9 cm³/mol. The van der Waals surface area contributed by atoms with Gasteiger partial charge in [0.1, 0.15) is 12.4 Å². The molecular weight excluding hydrogens is 274 g/mol. The lowest BCUT2D eigenvalue weighted by Crippen LogP contribution is -2.32. The van der Waals surface area contributed by atoms with E-state index in [1.165, 1.54) is 12.8 Å². The highest BCUT2D eigenvalue weighted by molar-refractivity contribution is 5.94. The first kappa shape index (κ1) is 14.6. The van der Waals surface area contributed by atoms with Crippen LogP contribution in [0.15, 0.2) is 54.6 Å². The Kier molecular flexibility index (Phi) is 4.74. The van der Waals surface area contributed by atoms with E-state index < -0.39 is 0 Å². The number of ether oxygens (including phenoxy) is 1. The first-order chi connectivity index (χ1) is 10.8. The van der Waals surface area contributed by atoms with Gasteiger partial charge in [-0.05, 0) is 42.7 Å². The van der Waals surface area contributed by atoms with Crippen molar-refractivity contribution in [2.45, 2.75) is 38.3 Å². The van der Waals surface area contributed by atoms with Crippen molar-refractivity contribution in [2.24, 2.45) is 0 Å². The van der Waals surface area contributed by atoms with Crippen LogP contribution in [0.5, 0.6) is 5.75 Å². The van der Waals surface area contributed by atoms with E-state index >= 15 is 0 Å². The number of hydrogen-bond acceptors (Lipinski definition) is 2. The van der Waals surface area contributed by atoms with Gasteiger partial charge in [-0.1, -0.05) is 43.2 Å². The van der Waals surface area contributed by atoms with E-state index in [-0.39, 0.29) is 5.91 Å². The molecule has 3 nitrogen and oxygen atoms in total. The molecule has 3 rings (SSSR count). The molecule has 1 fully saturated rings. The summed E-state index contributed by atoms with van der Waals surface area (Å²) in [4.78, 5) is 12.1. The van der Waals surface area contributed by atoms with Crippen LogP contribution in [0.4, 0.5) is 0 Å². The van der Waals surface area contributed by atoms with Crippen LogP contribution in [0.1, 0.15) is 41.6 Å². The maximum absolute atomic E-state index is 12.1. The zero-order valence-electron chi connectivity index (χ0n) is 12.6. The third-order valence-electron chi connectivity index (χ3n) is 4.06. The Balaban J connectivity index is 1.54. The van der Waals surface area contributed by atoms with E-state index in [9.17, 15) is 4.79 Å². The van der Waals surface area contributed by atoms with Crippen molar-refractivity contribution >= 4 is 5.91 Å². The summed E-state index contributed by atoms with van der Waals surface area (Å²) in [6, 6.07) is 17.7. The van der Waals surface area contributed by atoms with E-state index in [1.807, 2.05) is 54.6 Å². The second-order valence-electron chi connectivity index (χ2n) is 5.75. The van der Waals surface area contributed by atoms with Crippen molar-refractivity contribution in [1.29, 1.82) is 0 Å². The maximum atomic E-state index is 12.1. The van der Waals surface area contributed by atoms with Gasteiger partial charge >= 0.3 is 0 Å². The molecule has 3 heteroatoms. The number of rotatable bonds is 5. The van der Waals surface area contributed by atoms with Gasteiger partial charge in [-0.15, -0.1) is 0 Å². The Morgan fingerprint density at radius 2 is 1.68 bits per heavy atom. The second-order valence-corrected chi connectivity index (χ2v) is 5.75. The van der Waals surface area contributed by atoms with Crippen molar-refractivity contribution < 1.29 is 9.53 Å². The van der Waals surface area contributed by atoms with Gasteiger partial charge in [0, 0.05) is 11.6 Å². The smallest absolute Gasteiger partial charge is 0.251 e. The fourth-order valence-electron chi connectivity index (χ4n) is 2.78. The first-order valence-electron chi connectivity index (χ1n) is 7.89. The largest absolute Gasteiger partial charge is 0.489 e. The summed E-state index contributed by atoms with van der Waals surface area (Å²) in [6.07, 6.45) is 4.64. The van der Waals surface area contributed by atoms with Gasteiger partial charge in [0.2, 0.25) is 0 Å². The molecule has 2 aromatic carbocycles. The summed E-state index contributed by atoms with van der Waals surface area (Å²) < 4.78 is 5.73. The Labute approximate surface area is 131 Å². The molecule has 114 valence electrons. The number of carbonyl (C=O) groups excluding carboxylic acids is 1. The van der Waals surface area contributed by atoms with Gasteiger partial charge in [0.15, 0.2) is 0 Å². The molecule has 0 aromatic heterocycles. The Morgan fingerprint density at radius 1 is 1.00 bits per heavy atom. The van der Waals surface area contributed by atoms with Crippen LogP contribution in [0.2, 0.25) is 0 Å². The normalized spacial score (nSPS) is 14.7. The average molecular weight is 295 g/mol. The minimum Gasteiger partial charge on any atom is -0.489 e. The fourth-order valence-corrected chi connectivity index (χ4v) is 2.78. The molecule has 0 atom stereocenters. The molecule has 1 N–H and O–H groups in total. The summed E-state index contributed by atoms with van der Waals surface area (Å²) in [5, 5.41) is 3.09. The average Bonchev–Trinajstić information content (AvgIpc) is 3.07. The highest BCUT2D eigenvalue weighted by Gasteiger charge is 2.17. The number of hydrogen-bond donors (Lipinski definition) is 1. The maximum Gasteiger partial charge on any atom is 0.251 e. The lowest BCUT2D eigenvalue weighted by molar-refractivity contribution is 0.0938. The molecule has 0 unspecified atom stereocenters. The van der Waals surface area contributed by atoms with E-state index in [0.717, 1.165) is 24.2 Å². The zero-order chi connectivity index (χ0) is 15.2. The molecular formula is C19H21NO2. The summed E-state index contributed by atoms with van der Waals surface area (Å²) in [5.74, 6) is 0.794. The third-order valence-corrected chi connectivity index (χ3v) is 4.06. The van der Waals surface area contributed by atoms with Crippen LogP contribution < -0.4 is 10.1 Å². The van der Waals surface area contributed by atoms with Gasteiger partial charge in [-0.3, -0.25) is 4.79 Å². The number of benzene rings is 2. The number of carbonyl (C=O) groups is 1. The fraction of sp³-hybridized carbons (Fsp3) is 0.316. The molecule has 0 radical (unpaired) electrons. The second kappa shape index (κ2) is 7.12. The van der Waals surface area contributed by atoms with Crippen LogP contribution in [-0.2, 0) is 6.61 Å². The Morgan fingerprint density at radius 3 is 2.36 bits per heavy atom. The third kappa shape index (κ3) is 3.88. The molecule has 1 aliphatic carbocycles. The lowest BCUT2D eigenvalue weighted by Gasteiger charge is -2.12. The quantitative estimate of drug-likeness (QED) is 0.907. The molecule has 2 aromatic rings. The van der Waals surface area contributed by atoms with Crippen LogP contribution in [0.25, 0.3) is 0 Å². The van der Waals surface area contributed by atoms with Crippen LogP contribution in [0.3, 0.4) is 0 Å². The van der Waals surface area contributed by atoms with Crippen LogP contribution >= 0.6 is 0 Å². The highest BCUT2D eigenvalue weighted by atomic mass is 16.5. The SMILES string of the molecule is O=C(NC1CCCC1)c1ccc(OCc2ccccc2)cc1. The minimum atomic E-state index is 0.0153. The molecule has 0 aliphatic heterocycles. The highest BCUT2D eigenvalue weighted by Crippen LogP contribution is 2.19. The minimum absolute atomic E-state index is 0.0153. The van der Waals surface area contributed by atoms with Crippen molar-refractivity contribution in [3.8, 4) is 5.75 Å². The molecule has 22 heavy (non-hydrogen) atoms. The standard InChI is InChI=1S/C19H21NO2/c21-19(20-17-8-4-5-9-17)16-10-12-18(13-11-16)22-14-15-6-2-1-3-7-15/h1-3,6-7,10-13,17H,4-5,8-9,14H2,(H,20,21). The Bertz CT molecular complexity index is 601. The van der Waals surface area contributed by atoms with Gasteiger partial charge in [-0.25, -0.2) is 0 Å². The summed E-state index contributed by atoms with van der Waals surface area (Å²) in [7, 11) is 0. The molecule has 0 spiro atoms. The zero-order valence-corrected chi connectivity index (χ0v) is 12.6. The predicted octanol–water partition coefficient (Wildman–Crippen LogP) is 3.94. The van der Waals surface area contributed by atoms with E-state index in [0.29, 0.717) is 18.2 Å². The van der Waals surface area contributed by atoms with Gasteiger partial charge in [0.25, 0.3) is 5.91 Å². The van der Waals surface area contributed by atoms with Crippen molar-refractivity contribution in [2.75, 3.05) is 0 Å². The topological polar surface area (TPSA) is 38.3 Å². The van der Waals surface area contributed by atoms with E-state index in [4.69, 9.17) is 4.74 Å². The number of amides is 1. The molecule has 0 heterocycles. The molecule has 0 saturated heterocycles. The molecule has 1 amide bonds. The summed E-state index contributed by atoms with van der Waals surface area (Å²) in [5.41, 5.74) is 1.82. The molecule has 1 saturated carbocycles. The summed E-state index contributed by atoms with van der Waals surface area (Å²) >= 11 is 0. The number of nitrogens with one attached hydrogen (secondary N) is 1. The van der Waals surface area contributed by atoms with Crippen molar-refractivity contribution in [3.05, 3.63) is 65.7 Å². The lowest BCUT2D eigenvalue weighted by atomic mass is 10.1. The van der Waals surface area contributed by atoms with Crippen molar-refractivity contribution in [1.82, 2.24) is 5.32 Å². The Hall–Kier alpha value is -2.29. The van der Waals surface area contributed by atoms with Gasteiger partial charge < -0.3 is 10.1 Å². The monoisotopic (exact) mass is 295 g/mol. The van der Waals surface area contributed by atoms with Gasteiger partial charge in [-0.2, -0.15) is 0 Å². The van der Waals surface area contributed by atoms with Crippen LogP contribution in [-0.4, -0.2) is 11.9 Å². The van der Waals surface area contributed by atoms with E-state index in [1.54, 1.807) is 0 Å². The molecule has 0 bridgehead atoms.